The Morgan fingerprint density at radius 2 is 1.44 bits per heavy atom. The van der Waals surface area contributed by atoms with Crippen LogP contribution in [0.1, 0.15) is 46.0 Å². The second-order valence-corrected chi connectivity index (χ2v) is 8.16. The SMILES string of the molecule is CCC(C)C(NC(=O)C(CC(N)=O)NC(=O)C(N)CCCN=C(N)N)C(=O)NC(CC(=O)O)C(=O)O. The Kier molecular flexibility index (Phi) is 14.1. The number of carbonyl (C=O) groups is 6. The first-order valence-corrected chi connectivity index (χ1v) is 11.1. The minimum Gasteiger partial charge on any atom is -0.481 e. The monoisotopic (exact) mass is 516 g/mol. The lowest BCUT2D eigenvalue weighted by Gasteiger charge is -2.27. The topological polar surface area (TPSA) is 295 Å². The fraction of sp³-hybridized carbons (Fsp3) is 0.650. The molecule has 0 aromatic heterocycles. The van der Waals surface area contributed by atoms with Crippen molar-refractivity contribution in [3.05, 3.63) is 0 Å². The van der Waals surface area contributed by atoms with Gasteiger partial charge in [-0.05, 0) is 18.8 Å². The van der Waals surface area contributed by atoms with Crippen molar-refractivity contribution in [2.24, 2.45) is 33.8 Å². The molecule has 0 saturated carbocycles. The van der Waals surface area contributed by atoms with Crippen molar-refractivity contribution in [3.8, 4) is 0 Å². The number of aliphatic carboxylic acids is 2. The van der Waals surface area contributed by atoms with Crippen LogP contribution in [0.3, 0.4) is 0 Å². The van der Waals surface area contributed by atoms with E-state index in [1.807, 2.05) is 0 Å². The van der Waals surface area contributed by atoms with Crippen molar-refractivity contribution in [1.82, 2.24) is 16.0 Å². The second kappa shape index (κ2) is 15.9. The number of carboxylic acid groups (broad SMARTS) is 2. The number of hydrogen-bond donors (Lipinski definition) is 9. The van der Waals surface area contributed by atoms with Crippen LogP contribution in [0.15, 0.2) is 4.99 Å². The van der Waals surface area contributed by atoms with Crippen molar-refractivity contribution in [2.45, 2.75) is 70.1 Å². The fourth-order valence-corrected chi connectivity index (χ4v) is 2.93. The molecule has 0 saturated heterocycles. The third kappa shape index (κ3) is 12.5. The summed E-state index contributed by atoms with van der Waals surface area (Å²) in [6.07, 6.45) is -0.613. The fourth-order valence-electron chi connectivity index (χ4n) is 2.93. The van der Waals surface area contributed by atoms with Crippen molar-refractivity contribution in [3.63, 3.8) is 0 Å². The Bertz CT molecular complexity index is 846. The van der Waals surface area contributed by atoms with E-state index in [4.69, 9.17) is 28.0 Å². The molecule has 0 aliphatic carbocycles. The van der Waals surface area contributed by atoms with Gasteiger partial charge in [-0.2, -0.15) is 0 Å². The highest BCUT2D eigenvalue weighted by Gasteiger charge is 2.33. The van der Waals surface area contributed by atoms with Crippen LogP contribution in [0.25, 0.3) is 0 Å². The zero-order valence-corrected chi connectivity index (χ0v) is 20.2. The highest BCUT2D eigenvalue weighted by Crippen LogP contribution is 2.10. The summed E-state index contributed by atoms with van der Waals surface area (Å²) in [6.45, 7) is 3.51. The Balaban J connectivity index is 5.49. The Morgan fingerprint density at radius 1 is 0.861 bits per heavy atom. The number of amides is 4. The number of primary amides is 1. The molecule has 16 nitrogen and oxygen atoms in total. The van der Waals surface area contributed by atoms with Gasteiger partial charge in [-0.15, -0.1) is 0 Å². The van der Waals surface area contributed by atoms with Gasteiger partial charge in [0.1, 0.15) is 18.1 Å². The van der Waals surface area contributed by atoms with E-state index in [0.717, 1.165) is 0 Å². The van der Waals surface area contributed by atoms with E-state index in [1.54, 1.807) is 13.8 Å². The van der Waals surface area contributed by atoms with Gasteiger partial charge in [-0.1, -0.05) is 20.3 Å². The lowest BCUT2D eigenvalue weighted by molar-refractivity contribution is -0.147. The van der Waals surface area contributed by atoms with Crippen LogP contribution in [-0.2, 0) is 28.8 Å². The van der Waals surface area contributed by atoms with E-state index in [2.05, 4.69) is 20.9 Å². The number of rotatable bonds is 17. The molecular weight excluding hydrogens is 480 g/mol. The molecule has 16 heteroatoms. The predicted molar refractivity (Wildman–Crippen MR) is 127 cm³/mol. The molecule has 0 heterocycles. The van der Waals surface area contributed by atoms with E-state index in [9.17, 15) is 33.9 Å². The third-order valence-corrected chi connectivity index (χ3v) is 5.13. The van der Waals surface area contributed by atoms with Crippen LogP contribution >= 0.6 is 0 Å². The molecule has 0 fully saturated rings. The summed E-state index contributed by atoms with van der Waals surface area (Å²) in [7, 11) is 0. The number of carbonyl (C=O) groups excluding carboxylic acids is 4. The van der Waals surface area contributed by atoms with Crippen LogP contribution in [-0.4, -0.2) is 82.5 Å². The van der Waals surface area contributed by atoms with Crippen LogP contribution in [0.4, 0.5) is 0 Å². The van der Waals surface area contributed by atoms with Crippen LogP contribution in [0.5, 0.6) is 0 Å². The van der Waals surface area contributed by atoms with Gasteiger partial charge in [0.2, 0.25) is 23.6 Å². The molecule has 0 aliphatic rings. The molecule has 5 unspecified atom stereocenters. The van der Waals surface area contributed by atoms with E-state index in [0.29, 0.717) is 12.8 Å². The largest absolute Gasteiger partial charge is 0.481 e. The van der Waals surface area contributed by atoms with Gasteiger partial charge >= 0.3 is 11.9 Å². The standard InChI is InChI=1S/C20H36N8O8/c1-3-9(2)15(18(34)27-12(19(35)36)8-14(30)31)28-17(33)11(7-13(22)29)26-16(32)10(21)5-4-6-25-20(23)24/h9-12,15H,3-8,21H2,1-2H3,(H2,22,29)(H,26,32)(H,27,34)(H,28,33)(H,30,31)(H,35,36)(H4,23,24,25). The minimum atomic E-state index is -1.74. The van der Waals surface area contributed by atoms with Gasteiger partial charge in [-0.3, -0.25) is 29.0 Å². The molecule has 0 rings (SSSR count). The molecular formula is C20H36N8O8. The molecule has 0 spiro atoms. The molecule has 0 radical (unpaired) electrons. The summed E-state index contributed by atoms with van der Waals surface area (Å²) < 4.78 is 0. The predicted octanol–water partition coefficient (Wildman–Crippen LogP) is -3.70. The number of carboxylic acids is 2. The summed E-state index contributed by atoms with van der Waals surface area (Å²) in [4.78, 5) is 75.5. The van der Waals surface area contributed by atoms with Crippen LogP contribution < -0.4 is 38.9 Å². The molecule has 5 atom stereocenters. The Morgan fingerprint density at radius 3 is 1.92 bits per heavy atom. The van der Waals surface area contributed by atoms with Crippen molar-refractivity contribution in [2.75, 3.05) is 6.54 Å². The number of nitrogens with two attached hydrogens (primary N) is 4. The van der Waals surface area contributed by atoms with E-state index in [-0.39, 0.29) is 18.9 Å². The third-order valence-electron chi connectivity index (χ3n) is 5.13. The second-order valence-electron chi connectivity index (χ2n) is 8.16. The maximum atomic E-state index is 12.9. The molecule has 0 aromatic rings. The molecule has 4 amide bonds. The quantitative estimate of drug-likeness (QED) is 0.0514. The summed E-state index contributed by atoms with van der Waals surface area (Å²) in [5.74, 6) is -7.27. The zero-order valence-electron chi connectivity index (χ0n) is 20.2. The van der Waals surface area contributed by atoms with Crippen molar-refractivity contribution in [1.29, 1.82) is 0 Å². The van der Waals surface area contributed by atoms with Gasteiger partial charge in [0.25, 0.3) is 0 Å². The van der Waals surface area contributed by atoms with E-state index >= 15 is 0 Å². The molecule has 204 valence electrons. The van der Waals surface area contributed by atoms with Gasteiger partial charge < -0.3 is 49.1 Å². The zero-order chi connectivity index (χ0) is 28.0. The minimum absolute atomic E-state index is 0.122. The molecule has 0 bridgehead atoms. The maximum Gasteiger partial charge on any atom is 0.326 e. The first kappa shape index (κ1) is 32.0. The smallest absolute Gasteiger partial charge is 0.326 e. The lowest BCUT2D eigenvalue weighted by atomic mass is 9.97. The van der Waals surface area contributed by atoms with Crippen LogP contribution in [0.2, 0.25) is 0 Å². The highest BCUT2D eigenvalue weighted by molar-refractivity contribution is 5.96. The number of aliphatic imine (C=N–C) groups is 1. The summed E-state index contributed by atoms with van der Waals surface area (Å²) in [6, 6.07) is -5.59. The van der Waals surface area contributed by atoms with Crippen LogP contribution in [0, 0.1) is 5.92 Å². The number of hydrogen-bond acceptors (Lipinski definition) is 8. The van der Waals surface area contributed by atoms with Gasteiger partial charge in [0, 0.05) is 6.54 Å². The molecule has 0 aliphatic heterocycles. The van der Waals surface area contributed by atoms with Crippen molar-refractivity contribution < 1.29 is 39.0 Å². The molecule has 0 aromatic carbocycles. The summed E-state index contributed by atoms with van der Waals surface area (Å²) in [5.41, 5.74) is 21.4. The summed E-state index contributed by atoms with van der Waals surface area (Å²) in [5, 5.41) is 24.8. The highest BCUT2D eigenvalue weighted by atomic mass is 16.4. The first-order chi connectivity index (χ1) is 16.7. The molecule has 13 N–H and O–H groups in total. The number of nitrogens with one attached hydrogen (secondary N) is 3. The van der Waals surface area contributed by atoms with Crippen molar-refractivity contribution >= 4 is 41.5 Å². The average molecular weight is 517 g/mol. The first-order valence-electron chi connectivity index (χ1n) is 11.1. The normalized spacial score (nSPS) is 14.8. The van der Waals surface area contributed by atoms with Gasteiger partial charge in [0.05, 0.1) is 18.9 Å². The van der Waals surface area contributed by atoms with Gasteiger partial charge in [0.15, 0.2) is 5.96 Å². The Hall–Kier alpha value is -3.95. The molecule has 36 heavy (non-hydrogen) atoms. The number of guanidine groups is 1. The van der Waals surface area contributed by atoms with E-state index < -0.39 is 78.5 Å². The van der Waals surface area contributed by atoms with Gasteiger partial charge in [-0.25, -0.2) is 4.79 Å². The summed E-state index contributed by atoms with van der Waals surface area (Å²) >= 11 is 0. The Labute approximate surface area is 207 Å². The maximum absolute atomic E-state index is 12.9. The van der Waals surface area contributed by atoms with E-state index in [1.165, 1.54) is 0 Å². The lowest BCUT2D eigenvalue weighted by Crippen LogP contribution is -2.59. The number of nitrogens with zero attached hydrogens (tertiary/aromatic N) is 1. The average Bonchev–Trinajstić information content (AvgIpc) is 2.77.